The van der Waals surface area contributed by atoms with E-state index in [2.05, 4.69) is 20.0 Å². The van der Waals surface area contributed by atoms with Gasteiger partial charge in [0.05, 0.1) is 0 Å². The van der Waals surface area contributed by atoms with Crippen molar-refractivity contribution >= 4 is 18.8 Å². The number of hydrogen-bond donors (Lipinski definition) is 0. The molecular formula is C14H34OSi2. The molecule has 0 aromatic heterocycles. The van der Waals surface area contributed by atoms with Gasteiger partial charge in [-0.1, -0.05) is 71.1 Å². The topological polar surface area (TPSA) is 9.23 Å². The fourth-order valence-corrected chi connectivity index (χ4v) is 4.06. The fraction of sp³-hybridized carbons (Fsp3) is 1.00. The van der Waals surface area contributed by atoms with E-state index >= 15 is 0 Å². The predicted octanol–water partition coefficient (Wildman–Crippen LogP) is 4.41. The Labute approximate surface area is 113 Å². The molecule has 0 aromatic carbocycles. The van der Waals surface area contributed by atoms with E-state index in [1.54, 1.807) is 0 Å². The Balaban J connectivity index is 3.09. The number of unbranched alkanes of at least 4 members (excludes halogenated alkanes) is 9. The maximum absolute atomic E-state index is 5.70. The maximum Gasteiger partial charge on any atom is 0.172 e. The van der Waals surface area contributed by atoms with Gasteiger partial charge in [0.25, 0.3) is 0 Å². The maximum atomic E-state index is 5.70. The highest BCUT2D eigenvalue weighted by molar-refractivity contribution is 6.73. The first-order chi connectivity index (χ1) is 8.12. The van der Waals surface area contributed by atoms with Gasteiger partial charge in [0.15, 0.2) is 8.32 Å². The summed E-state index contributed by atoms with van der Waals surface area (Å²) in [6.45, 7) is 6.99. The molecule has 0 atom stereocenters. The average Bonchev–Trinajstić information content (AvgIpc) is 2.31. The van der Waals surface area contributed by atoms with Gasteiger partial charge in [-0.05, 0) is 19.1 Å². The highest BCUT2D eigenvalue weighted by Crippen LogP contribution is 2.16. The Morgan fingerprint density at radius 3 is 1.59 bits per heavy atom. The summed E-state index contributed by atoms with van der Waals surface area (Å²) in [6, 6.07) is 1.37. The van der Waals surface area contributed by atoms with E-state index in [1.807, 2.05) is 0 Å². The van der Waals surface area contributed by atoms with Crippen LogP contribution in [0.5, 0.6) is 0 Å². The van der Waals surface area contributed by atoms with Crippen molar-refractivity contribution in [1.82, 2.24) is 0 Å². The third kappa shape index (κ3) is 12.6. The van der Waals surface area contributed by atoms with Gasteiger partial charge in [0.2, 0.25) is 0 Å². The molecule has 0 saturated carbocycles. The standard InChI is InChI=1S/C14H34OSi2/c1-4-5-6-7-8-9-10-11-12-13-14-17(2,3)15-16/h4-14H2,1-3,16H3. The summed E-state index contributed by atoms with van der Waals surface area (Å²) >= 11 is 0. The van der Waals surface area contributed by atoms with Crippen molar-refractivity contribution < 1.29 is 4.12 Å². The second-order valence-corrected chi connectivity index (χ2v) is 11.5. The van der Waals surface area contributed by atoms with Crippen molar-refractivity contribution in [2.45, 2.75) is 90.3 Å². The van der Waals surface area contributed by atoms with Crippen LogP contribution in [0.4, 0.5) is 0 Å². The molecule has 0 spiro atoms. The molecule has 0 aliphatic rings. The van der Waals surface area contributed by atoms with Crippen LogP contribution in [0.1, 0.15) is 71.1 Å². The Hall–Kier alpha value is 0.394. The fourth-order valence-electron chi connectivity index (χ4n) is 2.14. The van der Waals surface area contributed by atoms with E-state index < -0.39 is 8.32 Å². The Morgan fingerprint density at radius 2 is 1.18 bits per heavy atom. The van der Waals surface area contributed by atoms with Gasteiger partial charge in [-0.25, -0.2) is 0 Å². The van der Waals surface area contributed by atoms with Crippen molar-refractivity contribution in [2.24, 2.45) is 0 Å². The number of hydrogen-bond acceptors (Lipinski definition) is 1. The van der Waals surface area contributed by atoms with Crippen LogP contribution in [0.15, 0.2) is 0 Å². The van der Waals surface area contributed by atoms with Crippen LogP contribution in [-0.2, 0) is 4.12 Å². The minimum Gasteiger partial charge on any atom is -0.463 e. The van der Waals surface area contributed by atoms with Crippen molar-refractivity contribution in [3.05, 3.63) is 0 Å². The first kappa shape index (κ1) is 17.4. The van der Waals surface area contributed by atoms with Crippen LogP contribution in [0, 0.1) is 0 Å². The molecule has 0 heterocycles. The first-order valence-electron chi connectivity index (χ1n) is 7.67. The molecule has 0 N–H and O–H groups in total. The van der Waals surface area contributed by atoms with Crippen LogP contribution in [-0.4, -0.2) is 18.8 Å². The molecule has 0 saturated heterocycles. The summed E-state index contributed by atoms with van der Waals surface area (Å²) < 4.78 is 5.70. The van der Waals surface area contributed by atoms with E-state index in [1.165, 1.54) is 70.3 Å². The second-order valence-electron chi connectivity index (χ2n) is 5.90. The molecule has 0 unspecified atom stereocenters. The molecule has 0 bridgehead atoms. The minimum absolute atomic E-state index is 0.930. The molecule has 0 amide bonds. The zero-order chi connectivity index (χ0) is 13.0. The van der Waals surface area contributed by atoms with Crippen LogP contribution in [0.2, 0.25) is 19.1 Å². The third-order valence-corrected chi connectivity index (χ3v) is 9.66. The van der Waals surface area contributed by atoms with Crippen molar-refractivity contribution in [3.63, 3.8) is 0 Å². The smallest absolute Gasteiger partial charge is 0.172 e. The first-order valence-corrected chi connectivity index (χ1v) is 11.6. The summed E-state index contributed by atoms with van der Waals surface area (Å²) in [5.41, 5.74) is 0. The van der Waals surface area contributed by atoms with Gasteiger partial charge in [0, 0.05) is 0 Å². The number of rotatable bonds is 12. The lowest BCUT2D eigenvalue weighted by Gasteiger charge is -2.20. The van der Waals surface area contributed by atoms with Gasteiger partial charge < -0.3 is 4.12 Å². The van der Waals surface area contributed by atoms with Gasteiger partial charge in [-0.15, -0.1) is 0 Å². The Morgan fingerprint density at radius 1 is 0.765 bits per heavy atom. The second kappa shape index (κ2) is 11.5. The van der Waals surface area contributed by atoms with Gasteiger partial charge in [-0.2, -0.15) is 0 Å². The van der Waals surface area contributed by atoms with Crippen molar-refractivity contribution in [1.29, 1.82) is 0 Å². The molecule has 0 fully saturated rings. The van der Waals surface area contributed by atoms with E-state index in [0.717, 1.165) is 10.5 Å². The predicted molar refractivity (Wildman–Crippen MR) is 85.2 cm³/mol. The van der Waals surface area contributed by atoms with Crippen LogP contribution >= 0.6 is 0 Å². The summed E-state index contributed by atoms with van der Waals surface area (Å²) in [7, 11) is -0.276. The van der Waals surface area contributed by atoms with Crippen LogP contribution in [0.3, 0.4) is 0 Å². The SMILES string of the molecule is CCCCCCCCCCCC[Si](C)(C)O[SiH3]. The van der Waals surface area contributed by atoms with E-state index in [-0.39, 0.29) is 0 Å². The molecule has 0 aliphatic heterocycles. The quantitative estimate of drug-likeness (QED) is 0.378. The monoisotopic (exact) mass is 274 g/mol. The highest BCUT2D eigenvalue weighted by atomic mass is 28.4. The summed E-state index contributed by atoms with van der Waals surface area (Å²) in [4.78, 5) is 0. The average molecular weight is 275 g/mol. The Kier molecular flexibility index (Phi) is 11.7. The van der Waals surface area contributed by atoms with Gasteiger partial charge in [-0.3, -0.25) is 0 Å². The lowest BCUT2D eigenvalue weighted by molar-refractivity contribution is 0.553. The molecule has 17 heavy (non-hydrogen) atoms. The molecule has 3 heteroatoms. The zero-order valence-electron chi connectivity index (χ0n) is 12.7. The molecule has 1 nitrogen and oxygen atoms in total. The Bertz CT molecular complexity index is 160. The molecule has 0 rings (SSSR count). The minimum atomic E-state index is -1.21. The molecule has 0 radical (unpaired) electrons. The lowest BCUT2D eigenvalue weighted by Crippen LogP contribution is -2.28. The molecular weight excluding hydrogens is 240 g/mol. The van der Waals surface area contributed by atoms with Crippen LogP contribution in [0.25, 0.3) is 0 Å². The van der Waals surface area contributed by atoms with E-state index in [9.17, 15) is 0 Å². The summed E-state index contributed by atoms with van der Waals surface area (Å²) in [5, 5.41) is 0. The highest BCUT2D eigenvalue weighted by Gasteiger charge is 2.18. The summed E-state index contributed by atoms with van der Waals surface area (Å²) in [6.07, 6.45) is 14.4. The van der Waals surface area contributed by atoms with Crippen LogP contribution < -0.4 is 0 Å². The van der Waals surface area contributed by atoms with Gasteiger partial charge >= 0.3 is 0 Å². The largest absolute Gasteiger partial charge is 0.463 e. The normalized spacial score (nSPS) is 12.2. The van der Waals surface area contributed by atoms with Crippen molar-refractivity contribution in [3.8, 4) is 0 Å². The van der Waals surface area contributed by atoms with E-state index in [0.29, 0.717) is 0 Å². The van der Waals surface area contributed by atoms with E-state index in [4.69, 9.17) is 4.12 Å². The van der Waals surface area contributed by atoms with Gasteiger partial charge in [0.1, 0.15) is 10.5 Å². The molecule has 0 aliphatic carbocycles. The molecule has 104 valence electrons. The third-order valence-electron chi connectivity index (χ3n) is 3.68. The summed E-state index contributed by atoms with van der Waals surface area (Å²) in [5.74, 6) is 0. The van der Waals surface area contributed by atoms with Crippen molar-refractivity contribution in [2.75, 3.05) is 0 Å². The lowest BCUT2D eigenvalue weighted by atomic mass is 10.1. The zero-order valence-corrected chi connectivity index (χ0v) is 15.7. The molecule has 0 aromatic rings.